The van der Waals surface area contributed by atoms with Gasteiger partial charge in [0.05, 0.1) is 24.5 Å². The zero-order chi connectivity index (χ0) is 15.3. The van der Waals surface area contributed by atoms with Crippen LogP contribution in [-0.4, -0.2) is 52.0 Å². The highest BCUT2D eigenvalue weighted by molar-refractivity contribution is 5.93. The van der Waals surface area contributed by atoms with Crippen LogP contribution in [0.4, 0.5) is 0 Å². The lowest BCUT2D eigenvalue weighted by Gasteiger charge is -2.24. The molecule has 20 heavy (non-hydrogen) atoms. The number of likely N-dealkylation sites (tertiary alicyclic amines) is 1. The number of carbonyl (C=O) groups excluding carboxylic acids is 2. The molecule has 110 valence electrons. The Morgan fingerprint density at radius 1 is 1.30 bits per heavy atom. The van der Waals surface area contributed by atoms with Gasteiger partial charge in [0.25, 0.3) is 0 Å². The molecule has 8 heteroatoms. The van der Waals surface area contributed by atoms with E-state index in [1.807, 2.05) is 0 Å². The summed E-state index contributed by atoms with van der Waals surface area (Å²) in [5.41, 5.74) is -1.49. The van der Waals surface area contributed by atoms with Gasteiger partial charge in [-0.05, 0) is 6.42 Å². The standard InChI is InChI=1S/C12H15NO7/c1-2-20-10(18)7-13-4-3-12(11(13)19,5-8(14)15)6-9(16)17/h2H,1,3-7H2,(H,14,15)(H,16,17). The number of carbonyl (C=O) groups is 4. The highest BCUT2D eigenvalue weighted by atomic mass is 16.5. The monoisotopic (exact) mass is 285 g/mol. The molecule has 1 heterocycles. The quantitative estimate of drug-likeness (QED) is 0.492. The lowest BCUT2D eigenvalue weighted by atomic mass is 9.79. The van der Waals surface area contributed by atoms with Gasteiger partial charge in [-0.25, -0.2) is 4.79 Å². The van der Waals surface area contributed by atoms with Crippen LogP contribution in [0.2, 0.25) is 0 Å². The number of rotatable bonds is 7. The molecule has 1 amide bonds. The molecule has 8 nitrogen and oxygen atoms in total. The zero-order valence-electron chi connectivity index (χ0n) is 10.7. The van der Waals surface area contributed by atoms with Crippen molar-refractivity contribution in [2.24, 2.45) is 5.41 Å². The third-order valence-corrected chi connectivity index (χ3v) is 3.12. The fourth-order valence-corrected chi connectivity index (χ4v) is 2.30. The molecule has 0 radical (unpaired) electrons. The summed E-state index contributed by atoms with van der Waals surface area (Å²) in [6.45, 7) is 2.96. The minimum atomic E-state index is -1.49. The molecular weight excluding hydrogens is 270 g/mol. The summed E-state index contributed by atoms with van der Waals surface area (Å²) in [4.78, 5) is 46.3. The Bertz CT molecular complexity index is 441. The molecule has 1 saturated heterocycles. The lowest BCUT2D eigenvalue weighted by molar-refractivity contribution is -0.153. The number of carboxylic acids is 2. The largest absolute Gasteiger partial charge is 0.481 e. The molecule has 1 fully saturated rings. The summed E-state index contributed by atoms with van der Waals surface area (Å²) in [6, 6.07) is 0. The van der Waals surface area contributed by atoms with E-state index in [-0.39, 0.29) is 19.5 Å². The second-order valence-corrected chi connectivity index (χ2v) is 4.55. The topological polar surface area (TPSA) is 121 Å². The van der Waals surface area contributed by atoms with Crippen LogP contribution < -0.4 is 0 Å². The first-order valence-electron chi connectivity index (χ1n) is 5.84. The molecule has 0 spiro atoms. The van der Waals surface area contributed by atoms with Crippen molar-refractivity contribution in [2.75, 3.05) is 13.1 Å². The number of esters is 1. The summed E-state index contributed by atoms with van der Waals surface area (Å²) in [5.74, 6) is -3.87. The molecule has 1 aliphatic heterocycles. The molecule has 0 aromatic carbocycles. The number of amides is 1. The van der Waals surface area contributed by atoms with Gasteiger partial charge in [0.2, 0.25) is 5.91 Å². The second kappa shape index (κ2) is 6.18. The summed E-state index contributed by atoms with van der Waals surface area (Å²) in [7, 11) is 0. The van der Waals surface area contributed by atoms with Gasteiger partial charge in [0, 0.05) is 6.54 Å². The lowest BCUT2D eigenvalue weighted by Crippen LogP contribution is -2.40. The SMILES string of the molecule is C=COC(=O)CN1CCC(CC(=O)O)(CC(=O)O)C1=O. The Balaban J connectivity index is 2.85. The maximum atomic E-state index is 12.2. The van der Waals surface area contributed by atoms with Gasteiger partial charge < -0.3 is 19.8 Å². The van der Waals surface area contributed by atoms with Crippen molar-refractivity contribution in [1.82, 2.24) is 4.90 Å². The Kier molecular flexibility index (Phi) is 4.84. The second-order valence-electron chi connectivity index (χ2n) is 4.55. The Morgan fingerprint density at radius 2 is 1.85 bits per heavy atom. The summed E-state index contributed by atoms with van der Waals surface area (Å²) < 4.78 is 4.48. The van der Waals surface area contributed by atoms with E-state index in [9.17, 15) is 19.2 Å². The molecule has 1 rings (SSSR count). The van der Waals surface area contributed by atoms with Gasteiger partial charge >= 0.3 is 17.9 Å². The zero-order valence-corrected chi connectivity index (χ0v) is 10.7. The van der Waals surface area contributed by atoms with Crippen LogP contribution in [0.25, 0.3) is 0 Å². The predicted octanol–water partition coefficient (Wildman–Crippen LogP) is -0.159. The first-order valence-corrected chi connectivity index (χ1v) is 5.84. The number of nitrogens with zero attached hydrogens (tertiary/aromatic N) is 1. The van der Waals surface area contributed by atoms with Gasteiger partial charge in [-0.3, -0.25) is 14.4 Å². The van der Waals surface area contributed by atoms with E-state index >= 15 is 0 Å². The first-order chi connectivity index (χ1) is 9.30. The number of carboxylic acid groups (broad SMARTS) is 2. The molecule has 2 N–H and O–H groups in total. The van der Waals surface area contributed by atoms with Gasteiger partial charge in [0.15, 0.2) is 0 Å². The molecule has 1 aliphatic rings. The van der Waals surface area contributed by atoms with E-state index in [0.717, 1.165) is 11.2 Å². The van der Waals surface area contributed by atoms with Crippen LogP contribution in [0.5, 0.6) is 0 Å². The Morgan fingerprint density at radius 3 is 2.30 bits per heavy atom. The van der Waals surface area contributed by atoms with Crippen molar-refractivity contribution in [3.05, 3.63) is 12.8 Å². The summed E-state index contributed by atoms with van der Waals surface area (Å²) in [5, 5.41) is 17.7. The van der Waals surface area contributed by atoms with Crippen molar-refractivity contribution in [2.45, 2.75) is 19.3 Å². The molecule has 0 aromatic rings. The highest BCUT2D eigenvalue weighted by Gasteiger charge is 2.49. The van der Waals surface area contributed by atoms with E-state index in [1.54, 1.807) is 0 Å². The first kappa shape index (κ1) is 15.7. The van der Waals surface area contributed by atoms with Crippen molar-refractivity contribution in [3.8, 4) is 0 Å². The fourth-order valence-electron chi connectivity index (χ4n) is 2.30. The molecule has 0 bridgehead atoms. The van der Waals surface area contributed by atoms with Crippen LogP contribution in [0.15, 0.2) is 12.8 Å². The van der Waals surface area contributed by atoms with Crippen LogP contribution >= 0.6 is 0 Å². The minimum absolute atomic E-state index is 0.0752. The van der Waals surface area contributed by atoms with Crippen LogP contribution in [-0.2, 0) is 23.9 Å². The number of hydrogen-bond acceptors (Lipinski definition) is 5. The summed E-state index contributed by atoms with van der Waals surface area (Å²) >= 11 is 0. The maximum absolute atomic E-state index is 12.2. The molecule has 0 aliphatic carbocycles. The Labute approximate surface area is 114 Å². The molecule has 0 atom stereocenters. The number of aliphatic carboxylic acids is 2. The van der Waals surface area contributed by atoms with Gasteiger partial charge in [-0.1, -0.05) is 6.58 Å². The highest BCUT2D eigenvalue weighted by Crippen LogP contribution is 2.38. The third-order valence-electron chi connectivity index (χ3n) is 3.12. The van der Waals surface area contributed by atoms with Crippen LogP contribution in [0.3, 0.4) is 0 Å². The van der Waals surface area contributed by atoms with E-state index in [0.29, 0.717) is 0 Å². The summed E-state index contributed by atoms with van der Waals surface area (Å²) in [6.07, 6.45) is -0.160. The average Bonchev–Trinajstić information content (AvgIpc) is 2.57. The maximum Gasteiger partial charge on any atom is 0.330 e. The van der Waals surface area contributed by atoms with E-state index in [2.05, 4.69) is 11.3 Å². The molecule has 0 unspecified atom stereocenters. The van der Waals surface area contributed by atoms with Crippen molar-refractivity contribution < 1.29 is 34.1 Å². The average molecular weight is 285 g/mol. The normalized spacial score (nSPS) is 16.8. The number of hydrogen-bond donors (Lipinski definition) is 2. The van der Waals surface area contributed by atoms with Gasteiger partial charge in [-0.15, -0.1) is 0 Å². The third kappa shape index (κ3) is 3.56. The molecule has 0 aromatic heterocycles. The van der Waals surface area contributed by atoms with E-state index in [1.165, 1.54) is 0 Å². The van der Waals surface area contributed by atoms with Gasteiger partial charge in [0.1, 0.15) is 6.54 Å². The minimum Gasteiger partial charge on any atom is -0.481 e. The van der Waals surface area contributed by atoms with Crippen molar-refractivity contribution in [1.29, 1.82) is 0 Å². The van der Waals surface area contributed by atoms with Crippen molar-refractivity contribution >= 4 is 23.8 Å². The van der Waals surface area contributed by atoms with E-state index < -0.39 is 42.1 Å². The molecular formula is C12H15NO7. The van der Waals surface area contributed by atoms with Crippen LogP contribution in [0, 0.1) is 5.41 Å². The Hall–Kier alpha value is -2.38. The van der Waals surface area contributed by atoms with Crippen molar-refractivity contribution in [3.63, 3.8) is 0 Å². The molecule has 0 saturated carbocycles. The van der Waals surface area contributed by atoms with E-state index in [4.69, 9.17) is 10.2 Å². The van der Waals surface area contributed by atoms with Crippen LogP contribution in [0.1, 0.15) is 19.3 Å². The van der Waals surface area contributed by atoms with Gasteiger partial charge in [-0.2, -0.15) is 0 Å². The smallest absolute Gasteiger partial charge is 0.330 e. The fraction of sp³-hybridized carbons (Fsp3) is 0.500. The number of ether oxygens (including phenoxy) is 1. The predicted molar refractivity (Wildman–Crippen MR) is 64.4 cm³/mol.